The number of halogens is 2. The number of ether oxygens (including phenoxy) is 1. The molecule has 28 heavy (non-hydrogen) atoms. The highest BCUT2D eigenvalue weighted by Crippen LogP contribution is 2.37. The lowest BCUT2D eigenvalue weighted by atomic mass is 9.99. The maximum atomic E-state index is 14.2. The van der Waals surface area contributed by atoms with Crippen LogP contribution in [0.1, 0.15) is 34.7 Å². The molecule has 2 aromatic carbocycles. The minimum absolute atomic E-state index is 0.0762. The van der Waals surface area contributed by atoms with Gasteiger partial charge in [0.05, 0.1) is 5.69 Å². The lowest BCUT2D eigenvalue weighted by molar-refractivity contribution is 0.129. The van der Waals surface area contributed by atoms with Crippen molar-refractivity contribution in [2.45, 2.75) is 12.1 Å². The van der Waals surface area contributed by atoms with Crippen molar-refractivity contribution in [3.05, 3.63) is 101 Å². The van der Waals surface area contributed by atoms with E-state index < -0.39 is 29.9 Å². The second kappa shape index (κ2) is 7.49. The van der Waals surface area contributed by atoms with Crippen LogP contribution in [-0.4, -0.2) is 11.1 Å². The fraction of sp³-hybridized carbons (Fsp3) is 0.0909. The summed E-state index contributed by atoms with van der Waals surface area (Å²) in [6.07, 6.45) is -1.65. The molecule has 3 aromatic rings. The molecule has 0 radical (unpaired) electrons. The quantitative estimate of drug-likeness (QED) is 0.679. The Bertz CT molecular complexity index is 1090. The number of cyclic esters (lactones) is 1. The fourth-order valence-electron chi connectivity index (χ4n) is 2.98. The molecule has 1 amide bonds. The maximum absolute atomic E-state index is 14.2. The van der Waals surface area contributed by atoms with Gasteiger partial charge in [-0.2, -0.15) is 0 Å². The van der Waals surface area contributed by atoms with Crippen LogP contribution in [-0.2, 0) is 4.74 Å². The standard InChI is InChI=1S/C22H14F2N2O2/c23-15-10-12-17(18(24)13-15)21-20(26-22(27)28-21)19-8-4-7-16(25-19)11-9-14-5-2-1-3-6-14/h1-8,10,12-13,20-21H,(H,26,27)/t20-,21-/m1/s1. The third-order valence-electron chi connectivity index (χ3n) is 4.28. The van der Waals surface area contributed by atoms with Gasteiger partial charge in [-0.3, -0.25) is 0 Å². The van der Waals surface area contributed by atoms with Crippen molar-refractivity contribution in [3.8, 4) is 11.8 Å². The first-order chi connectivity index (χ1) is 13.6. The summed E-state index contributed by atoms with van der Waals surface area (Å²) in [5, 5.41) is 2.63. The summed E-state index contributed by atoms with van der Waals surface area (Å²) in [4.78, 5) is 16.3. The number of hydrogen-bond donors (Lipinski definition) is 1. The number of benzene rings is 2. The van der Waals surface area contributed by atoms with Gasteiger partial charge >= 0.3 is 6.09 Å². The van der Waals surface area contributed by atoms with Gasteiger partial charge < -0.3 is 10.1 Å². The summed E-state index contributed by atoms with van der Waals surface area (Å²) in [6.45, 7) is 0. The average molecular weight is 376 g/mol. The Morgan fingerprint density at radius 3 is 2.57 bits per heavy atom. The molecule has 0 saturated carbocycles. The second-order valence-electron chi connectivity index (χ2n) is 6.18. The van der Waals surface area contributed by atoms with Crippen LogP contribution in [0.2, 0.25) is 0 Å². The number of pyridine rings is 1. The average Bonchev–Trinajstić information content (AvgIpc) is 3.09. The predicted molar refractivity (Wildman–Crippen MR) is 98.1 cm³/mol. The van der Waals surface area contributed by atoms with Gasteiger partial charge in [0.2, 0.25) is 0 Å². The first kappa shape index (κ1) is 17.7. The van der Waals surface area contributed by atoms with Crippen LogP contribution in [0.5, 0.6) is 0 Å². The molecule has 4 rings (SSSR count). The summed E-state index contributed by atoms with van der Waals surface area (Å²) >= 11 is 0. The molecule has 1 saturated heterocycles. The number of rotatable bonds is 2. The van der Waals surface area contributed by atoms with Gasteiger partial charge in [0.15, 0.2) is 6.10 Å². The highest BCUT2D eigenvalue weighted by molar-refractivity contribution is 5.71. The lowest BCUT2D eigenvalue weighted by Crippen LogP contribution is -2.21. The molecule has 0 spiro atoms. The van der Waals surface area contributed by atoms with E-state index >= 15 is 0 Å². The maximum Gasteiger partial charge on any atom is 0.408 e. The molecule has 1 fully saturated rings. The third-order valence-corrected chi connectivity index (χ3v) is 4.28. The molecular formula is C22H14F2N2O2. The van der Waals surface area contributed by atoms with E-state index in [0.717, 1.165) is 17.7 Å². The Balaban J connectivity index is 1.66. The van der Waals surface area contributed by atoms with Gasteiger partial charge in [-0.05, 0) is 42.3 Å². The molecular weight excluding hydrogens is 362 g/mol. The molecule has 6 heteroatoms. The van der Waals surface area contributed by atoms with E-state index in [2.05, 4.69) is 22.1 Å². The highest BCUT2D eigenvalue weighted by atomic mass is 19.1. The van der Waals surface area contributed by atoms with E-state index in [4.69, 9.17) is 4.74 Å². The van der Waals surface area contributed by atoms with Crippen LogP contribution in [0.15, 0.2) is 66.7 Å². The molecule has 0 bridgehead atoms. The molecule has 0 aliphatic carbocycles. The first-order valence-corrected chi connectivity index (χ1v) is 8.56. The van der Waals surface area contributed by atoms with Gasteiger partial charge in [-0.1, -0.05) is 30.2 Å². The normalized spacial score (nSPS) is 18.0. The number of carbonyl (C=O) groups is 1. The zero-order valence-electron chi connectivity index (χ0n) is 14.5. The molecule has 1 aliphatic rings. The van der Waals surface area contributed by atoms with E-state index in [0.29, 0.717) is 11.4 Å². The number of alkyl carbamates (subject to hydrolysis) is 1. The molecule has 4 nitrogen and oxygen atoms in total. The van der Waals surface area contributed by atoms with Crippen LogP contribution in [0.4, 0.5) is 13.6 Å². The van der Waals surface area contributed by atoms with E-state index in [1.807, 2.05) is 30.3 Å². The van der Waals surface area contributed by atoms with Crippen molar-refractivity contribution in [3.63, 3.8) is 0 Å². The fourth-order valence-corrected chi connectivity index (χ4v) is 2.98. The number of hydrogen-bond acceptors (Lipinski definition) is 3. The van der Waals surface area contributed by atoms with E-state index in [1.54, 1.807) is 18.2 Å². The van der Waals surface area contributed by atoms with Crippen molar-refractivity contribution in [2.24, 2.45) is 0 Å². The van der Waals surface area contributed by atoms with Crippen LogP contribution in [0.25, 0.3) is 0 Å². The predicted octanol–water partition coefficient (Wildman–Crippen LogP) is 4.28. The number of carbonyl (C=O) groups excluding carboxylic acids is 1. The molecule has 1 aliphatic heterocycles. The zero-order valence-corrected chi connectivity index (χ0v) is 14.5. The smallest absolute Gasteiger partial charge is 0.408 e. The first-order valence-electron chi connectivity index (χ1n) is 8.56. The van der Waals surface area contributed by atoms with Crippen LogP contribution >= 0.6 is 0 Å². The summed E-state index contributed by atoms with van der Waals surface area (Å²) < 4.78 is 32.6. The van der Waals surface area contributed by atoms with Crippen molar-refractivity contribution in [1.29, 1.82) is 0 Å². The topological polar surface area (TPSA) is 51.2 Å². The highest BCUT2D eigenvalue weighted by Gasteiger charge is 2.38. The Morgan fingerprint density at radius 1 is 0.964 bits per heavy atom. The van der Waals surface area contributed by atoms with Gasteiger partial charge in [0.1, 0.15) is 23.4 Å². The monoisotopic (exact) mass is 376 g/mol. The Kier molecular flexibility index (Phi) is 4.73. The molecule has 138 valence electrons. The number of amides is 1. The number of nitrogens with zero attached hydrogens (tertiary/aromatic N) is 1. The SMILES string of the molecule is O=C1N[C@H](c2cccc(C#Cc3ccccc3)n2)[C@@H](c2ccc(F)cc2F)O1. The minimum Gasteiger partial charge on any atom is -0.439 e. The lowest BCUT2D eigenvalue weighted by Gasteiger charge is -2.17. The van der Waals surface area contributed by atoms with Crippen molar-refractivity contribution >= 4 is 6.09 Å². The van der Waals surface area contributed by atoms with Crippen LogP contribution < -0.4 is 5.32 Å². The zero-order chi connectivity index (χ0) is 19.5. The van der Waals surface area contributed by atoms with Crippen molar-refractivity contribution in [1.82, 2.24) is 10.3 Å². The minimum atomic E-state index is -0.960. The molecule has 2 heterocycles. The van der Waals surface area contributed by atoms with Gasteiger partial charge in [0, 0.05) is 17.2 Å². The summed E-state index contributed by atoms with van der Waals surface area (Å²) in [5.41, 5.74) is 1.89. The Morgan fingerprint density at radius 2 is 1.79 bits per heavy atom. The largest absolute Gasteiger partial charge is 0.439 e. The van der Waals surface area contributed by atoms with E-state index in [9.17, 15) is 13.6 Å². The van der Waals surface area contributed by atoms with Crippen LogP contribution in [0, 0.1) is 23.5 Å². The second-order valence-corrected chi connectivity index (χ2v) is 6.18. The molecule has 0 unspecified atom stereocenters. The number of nitrogens with one attached hydrogen (secondary N) is 1. The number of aromatic nitrogens is 1. The van der Waals surface area contributed by atoms with Gasteiger partial charge in [-0.15, -0.1) is 0 Å². The van der Waals surface area contributed by atoms with Crippen LogP contribution in [0.3, 0.4) is 0 Å². The summed E-state index contributed by atoms with van der Waals surface area (Å²) in [6, 6.07) is 17.1. The Hall–Kier alpha value is -3.72. The molecule has 2 atom stereocenters. The third kappa shape index (κ3) is 3.69. The van der Waals surface area contributed by atoms with Gasteiger partial charge in [-0.25, -0.2) is 18.6 Å². The van der Waals surface area contributed by atoms with Crippen molar-refractivity contribution in [2.75, 3.05) is 0 Å². The van der Waals surface area contributed by atoms with E-state index in [-0.39, 0.29) is 5.56 Å². The van der Waals surface area contributed by atoms with Gasteiger partial charge in [0.25, 0.3) is 0 Å². The summed E-state index contributed by atoms with van der Waals surface area (Å²) in [7, 11) is 0. The Labute approximate surface area is 160 Å². The molecule has 1 N–H and O–H groups in total. The van der Waals surface area contributed by atoms with E-state index in [1.165, 1.54) is 6.07 Å². The van der Waals surface area contributed by atoms with Crippen molar-refractivity contribution < 1.29 is 18.3 Å². The summed E-state index contributed by atoms with van der Waals surface area (Å²) in [5.74, 6) is 4.50. The molecule has 1 aromatic heterocycles.